The molecule has 39 heavy (non-hydrogen) atoms. The fourth-order valence-corrected chi connectivity index (χ4v) is 4.97. The Balaban J connectivity index is 1.35. The molecule has 1 atom stereocenters. The third kappa shape index (κ3) is 6.66. The molecule has 4 aliphatic heterocycles. The first-order valence-electron chi connectivity index (χ1n) is 13.2. The Bertz CT molecular complexity index is 1200. The van der Waals surface area contributed by atoms with Crippen LogP contribution in [0.4, 0.5) is 13.2 Å². The fourth-order valence-electron chi connectivity index (χ4n) is 4.97. The molecule has 4 aliphatic rings. The van der Waals surface area contributed by atoms with Gasteiger partial charge in [-0.2, -0.15) is 13.2 Å². The van der Waals surface area contributed by atoms with Gasteiger partial charge in [0.1, 0.15) is 0 Å². The van der Waals surface area contributed by atoms with Gasteiger partial charge in [0.25, 0.3) is 5.91 Å². The van der Waals surface area contributed by atoms with Crippen molar-refractivity contribution < 1.29 is 32.2 Å². The van der Waals surface area contributed by atoms with E-state index >= 15 is 0 Å². The summed E-state index contributed by atoms with van der Waals surface area (Å²) in [5, 5.41) is 9.47. The van der Waals surface area contributed by atoms with E-state index < -0.39 is 17.6 Å². The second-order valence-electron chi connectivity index (χ2n) is 9.86. The van der Waals surface area contributed by atoms with Gasteiger partial charge in [-0.15, -0.1) is 0 Å². The molecule has 0 bridgehead atoms. The van der Waals surface area contributed by atoms with Crippen molar-refractivity contribution >= 4 is 5.91 Å². The highest BCUT2D eigenvalue weighted by Gasteiger charge is 2.32. The molecule has 1 aromatic rings. The monoisotopic (exact) mass is 546 g/mol. The Labute approximate surface area is 225 Å². The third-order valence-corrected chi connectivity index (χ3v) is 7.14. The first kappa shape index (κ1) is 27.3. The molecule has 0 radical (unpaired) electrons. The standard InChI is InChI=1S/C28H33F3N4O4/c1-18-24(15-22(17-32-18)34-26(36)19-3-2-4-21(13-19)28(29,30)31)20-14-25(35-7-11-38-12-8-35)27(33-16-20)39-23-5-9-37-10-6-23/h2-4,13-16,23,27,32-33H,5-12,17H2,1H3,(H,34,36). The number of carbonyl (C=O) groups excluding carboxylic acids is 1. The summed E-state index contributed by atoms with van der Waals surface area (Å²) in [6.45, 7) is 6.43. The van der Waals surface area contributed by atoms with Crippen LogP contribution >= 0.6 is 0 Å². The largest absolute Gasteiger partial charge is 0.416 e. The van der Waals surface area contributed by atoms with E-state index in [1.54, 1.807) is 0 Å². The summed E-state index contributed by atoms with van der Waals surface area (Å²) in [6, 6.07) is 4.41. The highest BCUT2D eigenvalue weighted by atomic mass is 19.4. The van der Waals surface area contributed by atoms with Gasteiger partial charge < -0.3 is 35.1 Å². The van der Waals surface area contributed by atoms with Gasteiger partial charge in [-0.1, -0.05) is 6.07 Å². The van der Waals surface area contributed by atoms with Crippen LogP contribution in [0.15, 0.2) is 70.9 Å². The average Bonchev–Trinajstić information content (AvgIpc) is 2.95. The topological polar surface area (TPSA) is 84.1 Å². The van der Waals surface area contributed by atoms with Crippen molar-refractivity contribution in [1.82, 2.24) is 20.9 Å². The molecule has 210 valence electrons. The Morgan fingerprint density at radius 2 is 1.85 bits per heavy atom. The van der Waals surface area contributed by atoms with E-state index in [0.717, 1.165) is 60.6 Å². The zero-order valence-corrected chi connectivity index (χ0v) is 21.8. The average molecular weight is 547 g/mol. The number of dihydropyridines is 2. The first-order valence-corrected chi connectivity index (χ1v) is 13.2. The Morgan fingerprint density at radius 1 is 1.10 bits per heavy atom. The minimum absolute atomic E-state index is 0.0558. The summed E-state index contributed by atoms with van der Waals surface area (Å²) < 4.78 is 56.8. The number of amides is 1. The maximum absolute atomic E-state index is 13.1. The number of ether oxygens (including phenoxy) is 3. The van der Waals surface area contributed by atoms with E-state index in [1.807, 2.05) is 19.2 Å². The highest BCUT2D eigenvalue weighted by molar-refractivity contribution is 5.95. The van der Waals surface area contributed by atoms with Crippen LogP contribution in [0.25, 0.3) is 0 Å². The molecule has 0 aromatic heterocycles. The van der Waals surface area contributed by atoms with Crippen LogP contribution in [0, 0.1) is 0 Å². The molecule has 2 saturated heterocycles. The van der Waals surface area contributed by atoms with Gasteiger partial charge in [-0.25, -0.2) is 0 Å². The molecule has 2 fully saturated rings. The molecule has 0 spiro atoms. The molecule has 0 aliphatic carbocycles. The lowest BCUT2D eigenvalue weighted by molar-refractivity contribution is -0.137. The minimum atomic E-state index is -4.52. The van der Waals surface area contributed by atoms with Crippen LogP contribution in [0.3, 0.4) is 0 Å². The maximum atomic E-state index is 13.1. The van der Waals surface area contributed by atoms with E-state index in [1.165, 1.54) is 12.1 Å². The Morgan fingerprint density at radius 3 is 2.59 bits per heavy atom. The van der Waals surface area contributed by atoms with Crippen molar-refractivity contribution in [3.63, 3.8) is 0 Å². The van der Waals surface area contributed by atoms with Crippen molar-refractivity contribution in [1.29, 1.82) is 0 Å². The highest BCUT2D eigenvalue weighted by Crippen LogP contribution is 2.31. The van der Waals surface area contributed by atoms with Crippen LogP contribution in [0.5, 0.6) is 0 Å². The SMILES string of the molecule is CC1=C(C2=CNC(OC3CCOCC3)C(N3CCOCC3)=C2)C=C(NC(=O)c2cccc(C(F)(F)F)c2)CN1. The van der Waals surface area contributed by atoms with Crippen molar-refractivity contribution in [2.75, 3.05) is 46.1 Å². The lowest BCUT2D eigenvalue weighted by atomic mass is 9.97. The number of hydrogen-bond acceptors (Lipinski definition) is 7. The molecular formula is C28H33F3N4O4. The molecule has 4 heterocycles. The predicted molar refractivity (Wildman–Crippen MR) is 138 cm³/mol. The van der Waals surface area contributed by atoms with Crippen molar-refractivity contribution in [3.8, 4) is 0 Å². The predicted octanol–water partition coefficient (Wildman–Crippen LogP) is 3.42. The van der Waals surface area contributed by atoms with Crippen LogP contribution < -0.4 is 16.0 Å². The molecule has 0 saturated carbocycles. The molecule has 11 heteroatoms. The van der Waals surface area contributed by atoms with E-state index in [0.29, 0.717) is 38.7 Å². The number of nitrogens with one attached hydrogen (secondary N) is 3. The van der Waals surface area contributed by atoms with Gasteiger partial charge >= 0.3 is 6.18 Å². The minimum Gasteiger partial charge on any atom is -0.382 e. The number of rotatable bonds is 6. The maximum Gasteiger partial charge on any atom is 0.416 e. The summed E-state index contributed by atoms with van der Waals surface area (Å²) >= 11 is 0. The van der Waals surface area contributed by atoms with Gasteiger partial charge in [0.15, 0.2) is 6.23 Å². The molecule has 8 nitrogen and oxygen atoms in total. The lowest BCUT2D eigenvalue weighted by Crippen LogP contribution is -2.47. The van der Waals surface area contributed by atoms with E-state index in [4.69, 9.17) is 14.2 Å². The van der Waals surface area contributed by atoms with Gasteiger partial charge in [-0.3, -0.25) is 4.79 Å². The molecule has 1 amide bonds. The summed E-state index contributed by atoms with van der Waals surface area (Å²) in [7, 11) is 0. The van der Waals surface area contributed by atoms with Gasteiger partial charge in [0.2, 0.25) is 0 Å². The molecule has 3 N–H and O–H groups in total. The number of carbonyl (C=O) groups is 1. The summed E-state index contributed by atoms with van der Waals surface area (Å²) in [4.78, 5) is 15.1. The Hall–Kier alpha value is -3.28. The second kappa shape index (κ2) is 11.8. The normalized spacial score (nSPS) is 22.8. The smallest absolute Gasteiger partial charge is 0.382 e. The quantitative estimate of drug-likeness (QED) is 0.505. The van der Waals surface area contributed by atoms with Crippen LogP contribution in [-0.4, -0.2) is 69.2 Å². The Kier molecular flexibility index (Phi) is 8.29. The molecular weight excluding hydrogens is 513 g/mol. The zero-order chi connectivity index (χ0) is 27.4. The number of alkyl halides is 3. The first-order chi connectivity index (χ1) is 18.8. The van der Waals surface area contributed by atoms with Gasteiger partial charge in [0.05, 0.1) is 37.1 Å². The number of benzene rings is 1. The lowest BCUT2D eigenvalue weighted by Gasteiger charge is -2.39. The van der Waals surface area contributed by atoms with Crippen molar-refractivity contribution in [3.05, 3.63) is 82.0 Å². The molecule has 1 unspecified atom stereocenters. The molecule has 5 rings (SSSR count). The van der Waals surface area contributed by atoms with E-state index in [2.05, 4.69) is 26.9 Å². The zero-order valence-electron chi connectivity index (χ0n) is 21.8. The number of allylic oxidation sites excluding steroid dienone is 5. The third-order valence-electron chi connectivity index (χ3n) is 7.14. The summed E-state index contributed by atoms with van der Waals surface area (Å²) in [5.74, 6) is -0.599. The number of morpholine rings is 1. The van der Waals surface area contributed by atoms with E-state index in [-0.39, 0.29) is 17.9 Å². The number of halogens is 3. The second-order valence-corrected chi connectivity index (χ2v) is 9.86. The van der Waals surface area contributed by atoms with Gasteiger partial charge in [0, 0.05) is 60.6 Å². The van der Waals surface area contributed by atoms with E-state index in [9.17, 15) is 18.0 Å². The van der Waals surface area contributed by atoms with Crippen molar-refractivity contribution in [2.45, 2.75) is 38.3 Å². The van der Waals surface area contributed by atoms with Crippen molar-refractivity contribution in [2.24, 2.45) is 0 Å². The van der Waals surface area contributed by atoms with Crippen LogP contribution in [0.1, 0.15) is 35.7 Å². The fraction of sp³-hybridized carbons (Fsp3) is 0.464. The van der Waals surface area contributed by atoms with Gasteiger partial charge in [-0.05, 0) is 50.1 Å². The van der Waals surface area contributed by atoms with Crippen LogP contribution in [0.2, 0.25) is 0 Å². The summed E-state index contributed by atoms with van der Waals surface area (Å²) in [5.41, 5.74) is 3.33. The molecule has 1 aromatic carbocycles. The number of nitrogens with zero attached hydrogens (tertiary/aromatic N) is 1. The number of hydrogen-bond donors (Lipinski definition) is 3. The summed E-state index contributed by atoms with van der Waals surface area (Å²) in [6.07, 6.45) is 2.82. The van der Waals surface area contributed by atoms with Crippen LogP contribution in [-0.2, 0) is 20.4 Å².